The summed E-state index contributed by atoms with van der Waals surface area (Å²) < 4.78 is 5.24. The van der Waals surface area contributed by atoms with Gasteiger partial charge in [-0.3, -0.25) is 9.59 Å². The van der Waals surface area contributed by atoms with Crippen LogP contribution in [-0.4, -0.2) is 42.4 Å². The first kappa shape index (κ1) is 21.9. The van der Waals surface area contributed by atoms with E-state index in [2.05, 4.69) is 5.32 Å². The van der Waals surface area contributed by atoms with Gasteiger partial charge in [-0.15, -0.1) is 0 Å². The number of amides is 3. The fourth-order valence-electron chi connectivity index (χ4n) is 2.74. The maximum atomic E-state index is 12.2. The van der Waals surface area contributed by atoms with E-state index < -0.39 is 18.0 Å². The summed E-state index contributed by atoms with van der Waals surface area (Å²) in [6.45, 7) is 0.561. The van der Waals surface area contributed by atoms with Crippen molar-refractivity contribution in [2.45, 2.75) is 31.9 Å². The van der Waals surface area contributed by atoms with Crippen molar-refractivity contribution in [1.82, 2.24) is 10.2 Å². The molecule has 2 aromatic carbocycles. The highest BCUT2D eigenvalue weighted by Gasteiger charge is 2.19. The van der Waals surface area contributed by atoms with Gasteiger partial charge < -0.3 is 20.7 Å². The Hall–Kier alpha value is -3.35. The van der Waals surface area contributed by atoms with Crippen LogP contribution in [0.2, 0.25) is 0 Å². The summed E-state index contributed by atoms with van der Waals surface area (Å²) in [5, 5.41) is 2.67. The lowest BCUT2D eigenvalue weighted by molar-refractivity contribution is -0.127. The molecule has 2 rings (SSSR count). The summed E-state index contributed by atoms with van der Waals surface area (Å²) >= 11 is 0. The zero-order valence-corrected chi connectivity index (χ0v) is 16.5. The van der Waals surface area contributed by atoms with Crippen LogP contribution in [0.15, 0.2) is 60.7 Å². The summed E-state index contributed by atoms with van der Waals surface area (Å²) in [4.78, 5) is 37.2. The van der Waals surface area contributed by atoms with E-state index in [1.807, 2.05) is 60.7 Å². The van der Waals surface area contributed by atoms with E-state index >= 15 is 0 Å². The molecule has 1 atom stereocenters. The van der Waals surface area contributed by atoms with Crippen molar-refractivity contribution in [3.63, 3.8) is 0 Å². The second-order valence-corrected chi connectivity index (χ2v) is 6.78. The number of nitrogens with zero attached hydrogens (tertiary/aromatic N) is 1. The van der Waals surface area contributed by atoms with Crippen LogP contribution in [0.5, 0.6) is 0 Å². The van der Waals surface area contributed by atoms with E-state index in [9.17, 15) is 14.4 Å². The second-order valence-electron chi connectivity index (χ2n) is 6.78. The van der Waals surface area contributed by atoms with Gasteiger partial charge in [-0.25, -0.2) is 4.79 Å². The molecule has 2 aromatic rings. The molecule has 0 aliphatic heterocycles. The standard InChI is InChI=1S/C22H27N3O4/c1-25(22(28)29-16-18-11-6-3-7-12-18)14-8-13-20(26)24-19(21(23)27)15-17-9-4-2-5-10-17/h2-7,9-12,19H,8,13-16H2,1H3,(H2,23,27)(H,24,26)/t19-/m0/s1. The maximum absolute atomic E-state index is 12.2. The molecule has 0 spiro atoms. The lowest BCUT2D eigenvalue weighted by atomic mass is 10.1. The third kappa shape index (κ3) is 8.04. The predicted molar refractivity (Wildman–Crippen MR) is 110 cm³/mol. The first-order valence-electron chi connectivity index (χ1n) is 9.50. The molecule has 154 valence electrons. The van der Waals surface area contributed by atoms with Gasteiger partial charge in [0, 0.05) is 26.4 Å². The van der Waals surface area contributed by atoms with E-state index in [0.717, 1.165) is 11.1 Å². The van der Waals surface area contributed by atoms with E-state index in [1.165, 1.54) is 4.90 Å². The minimum atomic E-state index is -0.765. The molecule has 0 unspecified atom stereocenters. The Morgan fingerprint density at radius 1 is 1.00 bits per heavy atom. The largest absolute Gasteiger partial charge is 0.445 e. The SMILES string of the molecule is CN(CCCC(=O)N[C@@H](Cc1ccccc1)C(N)=O)C(=O)OCc1ccccc1. The van der Waals surface area contributed by atoms with Crippen LogP contribution in [-0.2, 0) is 27.4 Å². The average molecular weight is 397 g/mol. The molecule has 0 aromatic heterocycles. The molecule has 0 bridgehead atoms. The van der Waals surface area contributed by atoms with Gasteiger partial charge in [0.1, 0.15) is 12.6 Å². The van der Waals surface area contributed by atoms with Crippen LogP contribution in [0, 0.1) is 0 Å². The number of hydrogen-bond acceptors (Lipinski definition) is 4. The number of benzene rings is 2. The Kier molecular flexibility index (Phi) is 8.69. The van der Waals surface area contributed by atoms with Gasteiger partial charge in [-0.05, 0) is 17.5 Å². The summed E-state index contributed by atoms with van der Waals surface area (Å²) in [5.41, 5.74) is 7.23. The molecule has 7 heteroatoms. The molecular formula is C22H27N3O4. The van der Waals surface area contributed by atoms with Crippen LogP contribution in [0.4, 0.5) is 4.79 Å². The highest BCUT2D eigenvalue weighted by atomic mass is 16.6. The van der Waals surface area contributed by atoms with E-state index in [1.54, 1.807) is 7.05 Å². The molecule has 3 amide bonds. The number of nitrogens with one attached hydrogen (secondary N) is 1. The third-order valence-electron chi connectivity index (χ3n) is 4.38. The Morgan fingerprint density at radius 3 is 2.17 bits per heavy atom. The number of nitrogens with two attached hydrogens (primary N) is 1. The second kappa shape index (κ2) is 11.5. The molecule has 0 aliphatic carbocycles. The molecule has 0 radical (unpaired) electrons. The van der Waals surface area contributed by atoms with Crippen molar-refractivity contribution < 1.29 is 19.1 Å². The average Bonchev–Trinajstić information content (AvgIpc) is 2.72. The summed E-state index contributed by atoms with van der Waals surface area (Å²) in [7, 11) is 1.62. The molecule has 3 N–H and O–H groups in total. The molecule has 0 saturated heterocycles. The highest BCUT2D eigenvalue weighted by Crippen LogP contribution is 2.05. The zero-order chi connectivity index (χ0) is 21.1. The zero-order valence-electron chi connectivity index (χ0n) is 16.5. The van der Waals surface area contributed by atoms with Crippen LogP contribution in [0.25, 0.3) is 0 Å². The molecule has 7 nitrogen and oxygen atoms in total. The van der Waals surface area contributed by atoms with Crippen LogP contribution in [0.3, 0.4) is 0 Å². The van der Waals surface area contributed by atoms with Crippen molar-refractivity contribution >= 4 is 17.9 Å². The Morgan fingerprint density at radius 2 is 1.59 bits per heavy atom. The van der Waals surface area contributed by atoms with Crippen molar-refractivity contribution in [2.75, 3.05) is 13.6 Å². The predicted octanol–water partition coefficient (Wildman–Crippen LogP) is 2.25. The van der Waals surface area contributed by atoms with Gasteiger partial charge in [0.2, 0.25) is 11.8 Å². The molecular weight excluding hydrogens is 370 g/mol. The van der Waals surface area contributed by atoms with E-state index in [-0.39, 0.29) is 18.9 Å². The summed E-state index contributed by atoms with van der Waals surface area (Å²) in [6, 6.07) is 18.0. The quantitative estimate of drug-likeness (QED) is 0.642. The monoisotopic (exact) mass is 397 g/mol. The summed E-state index contributed by atoms with van der Waals surface area (Å²) in [6.07, 6.45) is 0.510. The van der Waals surface area contributed by atoms with Gasteiger partial charge in [0.15, 0.2) is 0 Å². The molecule has 0 saturated carbocycles. The number of ether oxygens (including phenoxy) is 1. The summed E-state index contributed by atoms with van der Waals surface area (Å²) in [5.74, 6) is -0.861. The van der Waals surface area contributed by atoms with Crippen molar-refractivity contribution in [1.29, 1.82) is 0 Å². The first-order chi connectivity index (χ1) is 14.0. The van der Waals surface area contributed by atoms with Gasteiger partial charge in [0.25, 0.3) is 0 Å². The topological polar surface area (TPSA) is 102 Å². The number of carbonyl (C=O) groups is 3. The minimum Gasteiger partial charge on any atom is -0.445 e. The van der Waals surface area contributed by atoms with Gasteiger partial charge >= 0.3 is 6.09 Å². The van der Waals surface area contributed by atoms with Crippen molar-refractivity contribution in [3.05, 3.63) is 71.8 Å². The number of hydrogen-bond donors (Lipinski definition) is 2. The molecule has 29 heavy (non-hydrogen) atoms. The van der Waals surface area contributed by atoms with E-state index in [4.69, 9.17) is 10.5 Å². The number of carbonyl (C=O) groups excluding carboxylic acids is 3. The normalized spacial score (nSPS) is 11.3. The Bertz CT molecular complexity index is 796. The van der Waals surface area contributed by atoms with Crippen molar-refractivity contribution in [2.24, 2.45) is 5.73 Å². The highest BCUT2D eigenvalue weighted by molar-refractivity contribution is 5.86. The van der Waals surface area contributed by atoms with Crippen LogP contribution < -0.4 is 11.1 Å². The van der Waals surface area contributed by atoms with Crippen LogP contribution >= 0.6 is 0 Å². The maximum Gasteiger partial charge on any atom is 0.409 e. The van der Waals surface area contributed by atoms with E-state index in [0.29, 0.717) is 19.4 Å². The lowest BCUT2D eigenvalue weighted by Crippen LogP contribution is -2.46. The number of rotatable bonds is 10. The fraction of sp³-hybridized carbons (Fsp3) is 0.318. The molecule has 0 heterocycles. The Balaban J connectivity index is 1.70. The fourth-order valence-corrected chi connectivity index (χ4v) is 2.74. The first-order valence-corrected chi connectivity index (χ1v) is 9.50. The molecule has 0 fully saturated rings. The smallest absolute Gasteiger partial charge is 0.409 e. The van der Waals surface area contributed by atoms with Crippen LogP contribution in [0.1, 0.15) is 24.0 Å². The van der Waals surface area contributed by atoms with Gasteiger partial charge in [-0.2, -0.15) is 0 Å². The lowest BCUT2D eigenvalue weighted by Gasteiger charge is -2.18. The van der Waals surface area contributed by atoms with Crippen molar-refractivity contribution in [3.8, 4) is 0 Å². The number of primary amides is 1. The molecule has 0 aliphatic rings. The van der Waals surface area contributed by atoms with Gasteiger partial charge in [-0.1, -0.05) is 60.7 Å². The third-order valence-corrected chi connectivity index (χ3v) is 4.38. The van der Waals surface area contributed by atoms with Gasteiger partial charge in [0.05, 0.1) is 0 Å². The Labute approximate surface area is 170 Å². The minimum absolute atomic E-state index is 0.175.